The average Bonchev–Trinajstić information content (AvgIpc) is 3.02. The number of hydrogen-bond acceptors (Lipinski definition) is 4. The summed E-state index contributed by atoms with van der Waals surface area (Å²) < 4.78 is 7.24. The van der Waals surface area contributed by atoms with Crippen molar-refractivity contribution in [2.45, 2.75) is 26.3 Å². The third-order valence-corrected chi connectivity index (χ3v) is 4.58. The number of hydrogen-bond donors (Lipinski definition) is 2. The largest absolute Gasteiger partial charge is 0.497 e. The van der Waals surface area contributed by atoms with Crippen molar-refractivity contribution in [3.8, 4) is 17.1 Å². The molecule has 0 aliphatic heterocycles. The predicted octanol–water partition coefficient (Wildman–Crippen LogP) is 4.38. The van der Waals surface area contributed by atoms with Crippen molar-refractivity contribution in [1.29, 1.82) is 0 Å². The van der Waals surface area contributed by atoms with Gasteiger partial charge in [0.2, 0.25) is 5.91 Å². The van der Waals surface area contributed by atoms with E-state index < -0.39 is 0 Å². The van der Waals surface area contributed by atoms with Gasteiger partial charge < -0.3 is 10.1 Å². The predicted molar refractivity (Wildman–Crippen MR) is 109 cm³/mol. The van der Waals surface area contributed by atoms with E-state index in [0.29, 0.717) is 16.5 Å². The minimum Gasteiger partial charge on any atom is -0.497 e. The monoisotopic (exact) mass is 382 g/mol. The van der Waals surface area contributed by atoms with Crippen LogP contribution in [0.3, 0.4) is 0 Å². The molecule has 0 fully saturated rings. The molecule has 1 heterocycles. The molecule has 7 heteroatoms. The van der Waals surface area contributed by atoms with Gasteiger partial charge in [0.1, 0.15) is 12.3 Å². The second-order valence-electron chi connectivity index (χ2n) is 6.49. The number of rotatable bonds is 6. The third kappa shape index (κ3) is 4.43. The van der Waals surface area contributed by atoms with E-state index in [2.05, 4.69) is 29.4 Å². The third-order valence-electron chi connectivity index (χ3n) is 4.27. The SMILES string of the molecule is COc1ccc(-c2n[nH]c(=S)n2CC(=O)Nc2ccc(C(C)C)cc2)cc1. The van der Waals surface area contributed by atoms with Crippen LogP contribution in [-0.2, 0) is 11.3 Å². The summed E-state index contributed by atoms with van der Waals surface area (Å²) in [6.45, 7) is 4.34. The van der Waals surface area contributed by atoms with Crippen molar-refractivity contribution in [1.82, 2.24) is 14.8 Å². The lowest BCUT2D eigenvalue weighted by atomic mass is 10.0. The molecular formula is C20H22N4O2S. The molecule has 1 aromatic heterocycles. The van der Waals surface area contributed by atoms with Gasteiger partial charge in [-0.15, -0.1) is 0 Å². The van der Waals surface area contributed by atoms with Gasteiger partial charge in [0.25, 0.3) is 0 Å². The van der Waals surface area contributed by atoms with Crippen LogP contribution in [0.1, 0.15) is 25.3 Å². The van der Waals surface area contributed by atoms with Gasteiger partial charge in [-0.1, -0.05) is 26.0 Å². The summed E-state index contributed by atoms with van der Waals surface area (Å²) in [5.74, 6) is 1.64. The number of carbonyl (C=O) groups is 1. The van der Waals surface area contributed by atoms with Crippen LogP contribution in [0.2, 0.25) is 0 Å². The number of aromatic amines is 1. The van der Waals surface area contributed by atoms with Gasteiger partial charge in [-0.2, -0.15) is 5.10 Å². The first-order valence-electron chi connectivity index (χ1n) is 8.67. The molecule has 0 spiro atoms. The molecule has 0 aliphatic carbocycles. The van der Waals surface area contributed by atoms with Crippen molar-refractivity contribution < 1.29 is 9.53 Å². The van der Waals surface area contributed by atoms with Crippen LogP contribution in [-0.4, -0.2) is 27.8 Å². The van der Waals surface area contributed by atoms with E-state index in [9.17, 15) is 4.79 Å². The summed E-state index contributed by atoms with van der Waals surface area (Å²) in [4.78, 5) is 12.5. The first-order valence-corrected chi connectivity index (χ1v) is 9.08. The highest BCUT2D eigenvalue weighted by Crippen LogP contribution is 2.21. The van der Waals surface area contributed by atoms with Crippen molar-refractivity contribution in [2.24, 2.45) is 0 Å². The van der Waals surface area contributed by atoms with Crippen LogP contribution in [0, 0.1) is 4.77 Å². The van der Waals surface area contributed by atoms with E-state index in [-0.39, 0.29) is 12.5 Å². The Labute approximate surface area is 163 Å². The van der Waals surface area contributed by atoms with Gasteiger partial charge in [-0.25, -0.2) is 0 Å². The number of methoxy groups -OCH3 is 1. The second-order valence-corrected chi connectivity index (χ2v) is 6.88. The summed E-state index contributed by atoms with van der Waals surface area (Å²) >= 11 is 5.29. The van der Waals surface area contributed by atoms with Crippen LogP contribution in [0.15, 0.2) is 48.5 Å². The molecule has 2 N–H and O–H groups in total. The van der Waals surface area contributed by atoms with Crippen LogP contribution >= 0.6 is 12.2 Å². The van der Waals surface area contributed by atoms with Crippen LogP contribution in [0.5, 0.6) is 5.75 Å². The average molecular weight is 382 g/mol. The number of amides is 1. The van der Waals surface area contributed by atoms with Crippen LogP contribution in [0.4, 0.5) is 5.69 Å². The Balaban J connectivity index is 1.76. The Kier molecular flexibility index (Phi) is 5.71. The van der Waals surface area contributed by atoms with Crippen molar-refractivity contribution in [2.75, 3.05) is 12.4 Å². The fourth-order valence-corrected chi connectivity index (χ4v) is 2.92. The summed E-state index contributed by atoms with van der Waals surface area (Å²) in [6.07, 6.45) is 0. The first kappa shape index (κ1) is 18.8. The minimum absolute atomic E-state index is 0.0721. The molecule has 0 bridgehead atoms. The van der Waals surface area contributed by atoms with Gasteiger partial charge in [0, 0.05) is 11.3 Å². The molecule has 1 amide bonds. The Morgan fingerprint density at radius 2 is 1.85 bits per heavy atom. The maximum Gasteiger partial charge on any atom is 0.244 e. The molecule has 0 unspecified atom stereocenters. The second kappa shape index (κ2) is 8.18. The number of nitrogens with zero attached hydrogens (tertiary/aromatic N) is 2. The summed E-state index contributed by atoms with van der Waals surface area (Å²) in [6, 6.07) is 15.3. The first-order chi connectivity index (χ1) is 13.0. The number of nitrogens with one attached hydrogen (secondary N) is 2. The summed E-state index contributed by atoms with van der Waals surface area (Å²) in [7, 11) is 1.61. The van der Waals surface area contributed by atoms with Gasteiger partial charge >= 0.3 is 0 Å². The highest BCUT2D eigenvalue weighted by molar-refractivity contribution is 7.71. The lowest BCUT2D eigenvalue weighted by Crippen LogP contribution is -2.19. The molecule has 3 rings (SSSR count). The Morgan fingerprint density at radius 3 is 2.44 bits per heavy atom. The fraction of sp³-hybridized carbons (Fsp3) is 0.250. The maximum atomic E-state index is 12.5. The fourth-order valence-electron chi connectivity index (χ4n) is 2.72. The molecule has 6 nitrogen and oxygen atoms in total. The molecule has 27 heavy (non-hydrogen) atoms. The number of anilines is 1. The molecular weight excluding hydrogens is 360 g/mol. The molecule has 0 atom stereocenters. The van der Waals surface area contributed by atoms with Crippen LogP contribution in [0.25, 0.3) is 11.4 Å². The highest BCUT2D eigenvalue weighted by Gasteiger charge is 2.13. The Morgan fingerprint density at radius 1 is 1.19 bits per heavy atom. The maximum absolute atomic E-state index is 12.5. The quantitative estimate of drug-likeness (QED) is 0.621. The molecule has 0 saturated carbocycles. The van der Waals surface area contributed by atoms with Crippen molar-refractivity contribution in [3.05, 3.63) is 58.9 Å². The van der Waals surface area contributed by atoms with Crippen LogP contribution < -0.4 is 10.1 Å². The topological polar surface area (TPSA) is 71.9 Å². The number of H-pyrrole nitrogens is 1. The molecule has 0 aliphatic rings. The van der Waals surface area contributed by atoms with E-state index in [0.717, 1.165) is 17.0 Å². The smallest absolute Gasteiger partial charge is 0.244 e. The zero-order valence-corrected chi connectivity index (χ0v) is 16.3. The molecule has 2 aromatic carbocycles. The van der Waals surface area contributed by atoms with Gasteiger partial charge in [0.05, 0.1) is 7.11 Å². The molecule has 0 saturated heterocycles. The molecule has 0 radical (unpaired) electrons. The lowest BCUT2D eigenvalue weighted by molar-refractivity contribution is -0.116. The minimum atomic E-state index is -0.167. The number of benzene rings is 2. The Hall–Kier alpha value is -2.93. The van der Waals surface area contributed by atoms with E-state index in [1.807, 2.05) is 48.5 Å². The number of aromatic nitrogens is 3. The number of ether oxygens (including phenoxy) is 1. The summed E-state index contributed by atoms with van der Waals surface area (Å²) in [5, 5.41) is 9.92. The highest BCUT2D eigenvalue weighted by atomic mass is 32.1. The lowest BCUT2D eigenvalue weighted by Gasteiger charge is -2.10. The standard InChI is InChI=1S/C20H22N4O2S/c1-13(2)14-4-8-16(9-5-14)21-18(25)12-24-19(22-23-20(24)27)15-6-10-17(26-3)11-7-15/h4-11,13H,12H2,1-3H3,(H,21,25)(H,23,27). The normalized spacial score (nSPS) is 10.8. The van der Waals surface area contributed by atoms with E-state index in [1.165, 1.54) is 5.56 Å². The number of carbonyl (C=O) groups excluding carboxylic acids is 1. The zero-order valence-electron chi connectivity index (χ0n) is 15.5. The van der Waals surface area contributed by atoms with E-state index in [1.54, 1.807) is 11.7 Å². The molecule has 140 valence electrons. The van der Waals surface area contributed by atoms with E-state index >= 15 is 0 Å². The van der Waals surface area contributed by atoms with Crippen molar-refractivity contribution in [3.63, 3.8) is 0 Å². The van der Waals surface area contributed by atoms with Gasteiger partial charge in [0.15, 0.2) is 10.6 Å². The molecule has 3 aromatic rings. The van der Waals surface area contributed by atoms with Crippen molar-refractivity contribution >= 4 is 23.8 Å². The zero-order chi connectivity index (χ0) is 19.4. The van der Waals surface area contributed by atoms with E-state index in [4.69, 9.17) is 17.0 Å². The summed E-state index contributed by atoms with van der Waals surface area (Å²) in [5.41, 5.74) is 2.83. The van der Waals surface area contributed by atoms with Gasteiger partial charge in [-0.3, -0.25) is 14.5 Å². The Bertz CT molecular complexity index is 972. The van der Waals surface area contributed by atoms with Gasteiger partial charge in [-0.05, 0) is 60.1 Å².